The first-order valence-corrected chi connectivity index (χ1v) is 4.87. The quantitative estimate of drug-likeness (QED) is 0.736. The number of hydrogen-bond donors (Lipinski definition) is 0. The van der Waals surface area contributed by atoms with Crippen LogP contribution in [0.3, 0.4) is 0 Å². The lowest BCUT2D eigenvalue weighted by atomic mass is 10.4. The SMILES string of the molecule is COc1ccc2c(ccn2C(C)OC=O)n1. The average molecular weight is 220 g/mol. The van der Waals surface area contributed by atoms with E-state index < -0.39 is 0 Å². The van der Waals surface area contributed by atoms with Crippen molar-refractivity contribution in [2.75, 3.05) is 7.11 Å². The van der Waals surface area contributed by atoms with Gasteiger partial charge in [-0.1, -0.05) is 0 Å². The number of aromatic nitrogens is 2. The average Bonchev–Trinajstić information content (AvgIpc) is 2.71. The van der Waals surface area contributed by atoms with Gasteiger partial charge in [0, 0.05) is 12.3 Å². The summed E-state index contributed by atoms with van der Waals surface area (Å²) in [5.41, 5.74) is 1.70. The Balaban J connectivity index is 2.44. The van der Waals surface area contributed by atoms with E-state index in [0.29, 0.717) is 12.4 Å². The molecule has 1 atom stereocenters. The van der Waals surface area contributed by atoms with Gasteiger partial charge in [-0.2, -0.15) is 0 Å². The third-order valence-corrected chi connectivity index (χ3v) is 2.40. The van der Waals surface area contributed by atoms with Crippen LogP contribution >= 0.6 is 0 Å². The fraction of sp³-hybridized carbons (Fsp3) is 0.273. The maximum atomic E-state index is 10.3. The summed E-state index contributed by atoms with van der Waals surface area (Å²) in [7, 11) is 1.57. The zero-order valence-corrected chi connectivity index (χ0v) is 9.08. The highest BCUT2D eigenvalue weighted by atomic mass is 16.5. The molecule has 0 amide bonds. The van der Waals surface area contributed by atoms with Crippen LogP contribution in [0.5, 0.6) is 5.88 Å². The number of methoxy groups -OCH3 is 1. The molecule has 84 valence electrons. The normalized spacial score (nSPS) is 12.4. The zero-order valence-electron chi connectivity index (χ0n) is 9.08. The topological polar surface area (TPSA) is 53.4 Å². The van der Waals surface area contributed by atoms with Crippen LogP contribution in [0.2, 0.25) is 0 Å². The lowest BCUT2D eigenvalue weighted by molar-refractivity contribution is -0.136. The smallest absolute Gasteiger partial charge is 0.295 e. The third-order valence-electron chi connectivity index (χ3n) is 2.40. The van der Waals surface area contributed by atoms with Gasteiger partial charge in [0.25, 0.3) is 6.47 Å². The lowest BCUT2D eigenvalue weighted by Crippen LogP contribution is -2.06. The van der Waals surface area contributed by atoms with Crippen LogP contribution in [0.1, 0.15) is 13.2 Å². The van der Waals surface area contributed by atoms with Crippen LogP contribution in [0.4, 0.5) is 0 Å². The van der Waals surface area contributed by atoms with Gasteiger partial charge in [-0.3, -0.25) is 4.79 Å². The maximum Gasteiger partial charge on any atom is 0.295 e. The Kier molecular flexibility index (Phi) is 2.76. The minimum absolute atomic E-state index is 0.342. The molecule has 0 saturated carbocycles. The standard InChI is InChI=1S/C11H12N2O3/c1-8(16-7-14)13-6-5-9-10(13)3-4-11(12-9)15-2/h3-8H,1-2H3. The molecule has 1 unspecified atom stereocenters. The Morgan fingerprint density at radius 1 is 1.44 bits per heavy atom. The Morgan fingerprint density at radius 2 is 2.25 bits per heavy atom. The van der Waals surface area contributed by atoms with Crippen LogP contribution in [-0.4, -0.2) is 23.1 Å². The molecule has 2 aromatic rings. The van der Waals surface area contributed by atoms with E-state index >= 15 is 0 Å². The molecule has 5 nitrogen and oxygen atoms in total. The minimum atomic E-state index is -0.342. The van der Waals surface area contributed by atoms with Crippen LogP contribution in [-0.2, 0) is 9.53 Å². The Hall–Kier alpha value is -2.04. The second-order valence-electron chi connectivity index (χ2n) is 3.31. The Labute approximate surface area is 92.6 Å². The minimum Gasteiger partial charge on any atom is -0.481 e. The van der Waals surface area contributed by atoms with Crippen molar-refractivity contribution in [1.82, 2.24) is 9.55 Å². The summed E-state index contributed by atoms with van der Waals surface area (Å²) in [6.45, 7) is 2.23. The van der Waals surface area contributed by atoms with Gasteiger partial charge >= 0.3 is 0 Å². The maximum absolute atomic E-state index is 10.3. The fourth-order valence-electron chi connectivity index (χ4n) is 1.60. The first-order chi connectivity index (χ1) is 7.76. The van der Waals surface area contributed by atoms with Gasteiger partial charge in [-0.05, 0) is 19.1 Å². The summed E-state index contributed by atoms with van der Waals surface area (Å²) in [5.74, 6) is 0.564. The summed E-state index contributed by atoms with van der Waals surface area (Å²) in [5, 5.41) is 0. The second kappa shape index (κ2) is 4.22. The highest BCUT2D eigenvalue weighted by Gasteiger charge is 2.09. The number of fused-ring (bicyclic) bond motifs is 1. The molecule has 5 heteroatoms. The molecule has 0 saturated heterocycles. The van der Waals surface area contributed by atoms with E-state index in [0.717, 1.165) is 11.0 Å². The van der Waals surface area contributed by atoms with Crippen molar-refractivity contribution < 1.29 is 14.3 Å². The highest BCUT2D eigenvalue weighted by Crippen LogP contribution is 2.21. The van der Waals surface area contributed by atoms with E-state index in [1.165, 1.54) is 0 Å². The summed E-state index contributed by atoms with van der Waals surface area (Å²) >= 11 is 0. The molecule has 2 heterocycles. The van der Waals surface area contributed by atoms with Gasteiger partial charge in [0.2, 0.25) is 5.88 Å². The van der Waals surface area contributed by atoms with E-state index in [1.54, 1.807) is 20.1 Å². The molecule has 0 aliphatic carbocycles. The number of nitrogens with zero attached hydrogens (tertiary/aromatic N) is 2. The van der Waals surface area contributed by atoms with E-state index in [1.807, 2.05) is 22.9 Å². The van der Waals surface area contributed by atoms with Gasteiger partial charge in [-0.25, -0.2) is 4.98 Å². The van der Waals surface area contributed by atoms with Crippen molar-refractivity contribution in [3.63, 3.8) is 0 Å². The molecule has 0 aliphatic rings. The third kappa shape index (κ3) is 1.71. The number of rotatable bonds is 4. The van der Waals surface area contributed by atoms with Gasteiger partial charge in [0.1, 0.15) is 0 Å². The number of hydrogen-bond acceptors (Lipinski definition) is 4. The van der Waals surface area contributed by atoms with Crippen molar-refractivity contribution in [1.29, 1.82) is 0 Å². The lowest BCUT2D eigenvalue weighted by Gasteiger charge is -2.12. The molecular weight excluding hydrogens is 208 g/mol. The predicted octanol–water partition coefficient (Wildman–Crippen LogP) is 1.74. The molecule has 2 aromatic heterocycles. The van der Waals surface area contributed by atoms with Crippen LogP contribution < -0.4 is 4.74 Å². The molecule has 0 spiro atoms. The second-order valence-corrected chi connectivity index (χ2v) is 3.31. The number of carbonyl (C=O) groups is 1. The van der Waals surface area contributed by atoms with Crippen LogP contribution in [0, 0.1) is 0 Å². The van der Waals surface area contributed by atoms with Crippen molar-refractivity contribution in [2.24, 2.45) is 0 Å². The monoisotopic (exact) mass is 220 g/mol. The highest BCUT2D eigenvalue weighted by molar-refractivity contribution is 5.76. The molecule has 16 heavy (non-hydrogen) atoms. The van der Waals surface area contributed by atoms with Gasteiger partial charge < -0.3 is 14.0 Å². The summed E-state index contributed by atoms with van der Waals surface area (Å²) in [6.07, 6.45) is 1.48. The van der Waals surface area contributed by atoms with E-state index in [2.05, 4.69) is 4.98 Å². The summed E-state index contributed by atoms with van der Waals surface area (Å²) in [6, 6.07) is 5.50. The molecule has 0 aromatic carbocycles. The Morgan fingerprint density at radius 3 is 2.94 bits per heavy atom. The summed E-state index contributed by atoms with van der Waals surface area (Å²) in [4.78, 5) is 14.5. The molecule has 2 rings (SSSR count). The van der Waals surface area contributed by atoms with E-state index in [9.17, 15) is 4.79 Å². The molecular formula is C11H12N2O3. The van der Waals surface area contributed by atoms with Crippen molar-refractivity contribution in [3.05, 3.63) is 24.4 Å². The first kappa shape index (κ1) is 10.5. The van der Waals surface area contributed by atoms with Gasteiger partial charge in [-0.15, -0.1) is 0 Å². The van der Waals surface area contributed by atoms with Crippen LogP contribution in [0.15, 0.2) is 24.4 Å². The van der Waals surface area contributed by atoms with Crippen molar-refractivity contribution in [3.8, 4) is 5.88 Å². The Bertz CT molecular complexity index is 507. The van der Waals surface area contributed by atoms with E-state index in [-0.39, 0.29) is 6.23 Å². The zero-order chi connectivity index (χ0) is 11.5. The summed E-state index contributed by atoms with van der Waals surface area (Å²) < 4.78 is 11.7. The number of ether oxygens (including phenoxy) is 2. The molecule has 0 fully saturated rings. The fourth-order valence-corrected chi connectivity index (χ4v) is 1.60. The number of pyridine rings is 1. The first-order valence-electron chi connectivity index (χ1n) is 4.87. The predicted molar refractivity (Wildman–Crippen MR) is 58.1 cm³/mol. The van der Waals surface area contributed by atoms with Crippen LogP contribution in [0.25, 0.3) is 11.0 Å². The molecule has 0 aliphatic heterocycles. The van der Waals surface area contributed by atoms with Gasteiger partial charge in [0.15, 0.2) is 6.23 Å². The largest absolute Gasteiger partial charge is 0.481 e. The van der Waals surface area contributed by atoms with Gasteiger partial charge in [0.05, 0.1) is 18.1 Å². The molecule has 0 radical (unpaired) electrons. The number of carbonyl (C=O) groups excluding carboxylic acids is 1. The van der Waals surface area contributed by atoms with E-state index in [4.69, 9.17) is 9.47 Å². The molecule has 0 N–H and O–H groups in total. The van der Waals surface area contributed by atoms with Crippen molar-refractivity contribution in [2.45, 2.75) is 13.2 Å². The van der Waals surface area contributed by atoms with Crippen molar-refractivity contribution >= 4 is 17.5 Å². The molecule has 0 bridgehead atoms.